The first-order valence-electron chi connectivity index (χ1n) is 6.14. The lowest BCUT2D eigenvalue weighted by atomic mass is 10.0. The van der Waals surface area contributed by atoms with Crippen molar-refractivity contribution in [1.29, 1.82) is 0 Å². The molecule has 0 aliphatic carbocycles. The van der Waals surface area contributed by atoms with Gasteiger partial charge in [0.05, 0.1) is 11.2 Å². The Morgan fingerprint density at radius 1 is 1.37 bits per heavy atom. The van der Waals surface area contributed by atoms with Gasteiger partial charge in [0.25, 0.3) is 0 Å². The van der Waals surface area contributed by atoms with Gasteiger partial charge >= 0.3 is 5.69 Å². The third-order valence-electron chi connectivity index (χ3n) is 2.71. The largest absolute Gasteiger partial charge is 0.369 e. The number of hydrogen-bond donors (Lipinski definition) is 0. The van der Waals surface area contributed by atoms with Crippen LogP contribution in [0.1, 0.15) is 39.3 Å². The third-order valence-corrected chi connectivity index (χ3v) is 2.94. The average Bonchev–Trinajstić information content (AvgIpc) is 2.29. The highest BCUT2D eigenvalue weighted by Gasteiger charge is 2.14. The summed E-state index contributed by atoms with van der Waals surface area (Å²) in [7, 11) is 0. The molecule has 4 nitrogen and oxygen atoms in total. The molecule has 1 heterocycles. The Morgan fingerprint density at radius 3 is 2.63 bits per heavy atom. The van der Waals surface area contributed by atoms with Gasteiger partial charge in [-0.05, 0) is 38.0 Å². The first kappa shape index (κ1) is 13.7. The zero-order chi connectivity index (χ0) is 14.2. The normalized spacial score (nSPS) is 11.1. The minimum Gasteiger partial charge on any atom is -0.244 e. The first-order chi connectivity index (χ1) is 8.90. The second-order valence-corrected chi connectivity index (χ2v) is 5.39. The minimum atomic E-state index is -0.375. The summed E-state index contributed by atoms with van der Waals surface area (Å²) in [4.78, 5) is 16.2. The fourth-order valence-electron chi connectivity index (χ4n) is 2.03. The summed E-state index contributed by atoms with van der Waals surface area (Å²) < 4.78 is 1.39. The number of nitrogens with zero attached hydrogens (tertiary/aromatic N) is 3. The van der Waals surface area contributed by atoms with Gasteiger partial charge in [-0.15, -0.1) is 0 Å². The number of benzene rings is 1. The van der Waals surface area contributed by atoms with Crippen molar-refractivity contribution < 1.29 is 0 Å². The molecular formula is C14H16ClN3O. The van der Waals surface area contributed by atoms with Crippen molar-refractivity contribution in [2.24, 2.45) is 5.10 Å². The molecule has 0 radical (unpaired) electrons. The molecule has 2 aromatic rings. The highest BCUT2D eigenvalue weighted by molar-refractivity contribution is 6.31. The molecule has 1 aromatic heterocycles. The monoisotopic (exact) mass is 277 g/mol. The third kappa shape index (κ3) is 2.68. The molecule has 19 heavy (non-hydrogen) atoms. The van der Waals surface area contributed by atoms with E-state index in [4.69, 9.17) is 11.6 Å². The molecule has 1 aromatic carbocycles. The van der Waals surface area contributed by atoms with E-state index in [2.05, 4.69) is 10.1 Å². The van der Waals surface area contributed by atoms with Crippen LogP contribution in [0.15, 0.2) is 28.1 Å². The van der Waals surface area contributed by atoms with E-state index < -0.39 is 0 Å². The van der Waals surface area contributed by atoms with Gasteiger partial charge < -0.3 is 0 Å². The zero-order valence-electron chi connectivity index (χ0n) is 11.4. The molecule has 0 saturated heterocycles. The number of hydrogen-bond acceptors (Lipinski definition) is 3. The van der Waals surface area contributed by atoms with Gasteiger partial charge in [-0.25, -0.2) is 4.79 Å². The summed E-state index contributed by atoms with van der Waals surface area (Å²) >= 11 is 5.95. The summed E-state index contributed by atoms with van der Waals surface area (Å²) in [6.07, 6.45) is 0. The smallest absolute Gasteiger partial charge is 0.244 e. The molecule has 0 saturated carbocycles. The lowest BCUT2D eigenvalue weighted by Crippen LogP contribution is -2.24. The number of halogens is 1. The van der Waals surface area contributed by atoms with E-state index in [1.165, 1.54) is 4.68 Å². The van der Waals surface area contributed by atoms with Gasteiger partial charge in [-0.2, -0.15) is 14.8 Å². The number of fused-ring (bicyclic) bond motifs is 1. The number of aromatic nitrogens is 2. The van der Waals surface area contributed by atoms with Crippen LogP contribution in [0.3, 0.4) is 0 Å². The van der Waals surface area contributed by atoms with Gasteiger partial charge in [-0.3, -0.25) is 0 Å². The van der Waals surface area contributed by atoms with Crippen LogP contribution in [0.5, 0.6) is 0 Å². The van der Waals surface area contributed by atoms with Crippen LogP contribution in [0, 0.1) is 0 Å². The highest BCUT2D eigenvalue weighted by atomic mass is 35.5. The van der Waals surface area contributed by atoms with Crippen molar-refractivity contribution in [2.75, 3.05) is 0 Å². The van der Waals surface area contributed by atoms with E-state index in [0.717, 1.165) is 16.8 Å². The van der Waals surface area contributed by atoms with Crippen LogP contribution in [-0.4, -0.2) is 15.4 Å². The molecule has 0 amide bonds. The fourth-order valence-corrected chi connectivity index (χ4v) is 2.20. The molecule has 2 rings (SSSR count). The van der Waals surface area contributed by atoms with Crippen molar-refractivity contribution in [3.63, 3.8) is 0 Å². The number of rotatable bonds is 2. The lowest BCUT2D eigenvalue weighted by Gasteiger charge is -2.14. The predicted molar refractivity (Wildman–Crippen MR) is 79.3 cm³/mol. The summed E-state index contributed by atoms with van der Waals surface area (Å²) in [5.74, 6) is 0.155. The maximum absolute atomic E-state index is 12.1. The van der Waals surface area contributed by atoms with E-state index in [1.54, 1.807) is 12.1 Å². The molecule has 100 valence electrons. The second kappa shape index (κ2) is 5.13. The van der Waals surface area contributed by atoms with Crippen molar-refractivity contribution in [1.82, 2.24) is 9.66 Å². The summed E-state index contributed by atoms with van der Waals surface area (Å²) in [6, 6.07) is 5.39. The zero-order valence-corrected chi connectivity index (χ0v) is 12.2. The Bertz CT molecular complexity index is 712. The lowest BCUT2D eigenvalue weighted by molar-refractivity contribution is 0.684. The van der Waals surface area contributed by atoms with E-state index in [-0.39, 0.29) is 11.6 Å². The summed E-state index contributed by atoms with van der Waals surface area (Å²) in [5.41, 5.74) is 1.90. The SMILES string of the molecule is CC(C)=Nn1c(C(C)C)c2ccc(Cl)cc2nc1=O. The Kier molecular flexibility index (Phi) is 3.71. The molecule has 0 aliphatic rings. The van der Waals surface area contributed by atoms with E-state index >= 15 is 0 Å². The van der Waals surface area contributed by atoms with Crippen LogP contribution in [0.2, 0.25) is 5.02 Å². The summed E-state index contributed by atoms with van der Waals surface area (Å²) in [5, 5.41) is 5.76. The molecule has 0 aliphatic heterocycles. The molecule has 0 fully saturated rings. The maximum Gasteiger partial charge on any atom is 0.369 e. The topological polar surface area (TPSA) is 47.2 Å². The fraction of sp³-hybridized carbons (Fsp3) is 0.357. The Balaban J connectivity index is 2.93. The molecule has 0 bridgehead atoms. The average molecular weight is 278 g/mol. The van der Waals surface area contributed by atoms with Crippen molar-refractivity contribution in [2.45, 2.75) is 33.6 Å². The Hall–Kier alpha value is -1.68. The Labute approximate surface area is 116 Å². The molecule has 0 atom stereocenters. The highest BCUT2D eigenvalue weighted by Crippen LogP contribution is 2.25. The van der Waals surface area contributed by atoms with Crippen molar-refractivity contribution >= 4 is 28.2 Å². The van der Waals surface area contributed by atoms with Gasteiger partial charge in [0, 0.05) is 16.1 Å². The van der Waals surface area contributed by atoms with Crippen LogP contribution in [0.25, 0.3) is 10.9 Å². The molecule has 0 N–H and O–H groups in total. The van der Waals surface area contributed by atoms with E-state index in [0.29, 0.717) is 10.5 Å². The van der Waals surface area contributed by atoms with Crippen molar-refractivity contribution in [3.8, 4) is 0 Å². The van der Waals surface area contributed by atoms with E-state index in [1.807, 2.05) is 33.8 Å². The van der Waals surface area contributed by atoms with Gasteiger partial charge in [-0.1, -0.05) is 25.4 Å². The first-order valence-corrected chi connectivity index (χ1v) is 6.52. The molecule has 0 spiro atoms. The predicted octanol–water partition coefficient (Wildman–Crippen LogP) is 3.42. The van der Waals surface area contributed by atoms with Crippen LogP contribution < -0.4 is 5.69 Å². The summed E-state index contributed by atoms with van der Waals surface area (Å²) in [6.45, 7) is 7.75. The molecular weight excluding hydrogens is 262 g/mol. The van der Waals surface area contributed by atoms with Gasteiger partial charge in [0.2, 0.25) is 0 Å². The quantitative estimate of drug-likeness (QED) is 0.790. The molecule has 5 heteroatoms. The van der Waals surface area contributed by atoms with Crippen LogP contribution in [0.4, 0.5) is 0 Å². The van der Waals surface area contributed by atoms with Crippen LogP contribution in [-0.2, 0) is 0 Å². The van der Waals surface area contributed by atoms with Gasteiger partial charge in [0.15, 0.2) is 0 Å². The maximum atomic E-state index is 12.1. The van der Waals surface area contributed by atoms with Crippen molar-refractivity contribution in [3.05, 3.63) is 39.4 Å². The van der Waals surface area contributed by atoms with Crippen LogP contribution >= 0.6 is 11.6 Å². The Morgan fingerprint density at radius 2 is 2.05 bits per heavy atom. The second-order valence-electron chi connectivity index (χ2n) is 4.95. The van der Waals surface area contributed by atoms with E-state index in [9.17, 15) is 4.79 Å². The van der Waals surface area contributed by atoms with Gasteiger partial charge in [0.1, 0.15) is 0 Å². The minimum absolute atomic E-state index is 0.155. The standard InChI is InChI=1S/C14H16ClN3O/c1-8(2)13-11-6-5-10(15)7-12(11)16-14(19)18(13)17-9(3)4/h5-8H,1-4H3. The molecule has 0 unspecified atom stereocenters.